The van der Waals surface area contributed by atoms with E-state index < -0.39 is 30.3 Å². The molecule has 272 valence electrons. The quantitative estimate of drug-likeness (QED) is 0.0537. The van der Waals surface area contributed by atoms with Crippen molar-refractivity contribution < 1.29 is 38.0 Å². The Kier molecular flexibility index (Phi) is 16.8. The third-order valence-corrected chi connectivity index (χ3v) is 8.57. The maximum Gasteiger partial charge on any atom is 0.308 e. The fourth-order valence-corrected chi connectivity index (χ4v) is 5.45. The predicted molar refractivity (Wildman–Crippen MR) is 197 cm³/mol. The van der Waals surface area contributed by atoms with Crippen molar-refractivity contribution in [1.82, 2.24) is 0 Å². The Hall–Kier alpha value is -4.34. The molecule has 0 unspecified atom stereocenters. The van der Waals surface area contributed by atoms with Gasteiger partial charge in [-0.15, -0.1) is 0 Å². The number of esters is 2. The molecule has 0 atom stereocenters. The van der Waals surface area contributed by atoms with Gasteiger partial charge < -0.3 is 28.4 Å². The molecule has 0 aliphatic heterocycles. The SMILES string of the molecule is CC(CCC(=O)OCOC(=O)CCC(C)(OCCc1ccccc1)OCCc1ccccc1)(OCCc1ccccc1)OCCc1ccccc1. The minimum atomic E-state index is -0.995. The summed E-state index contributed by atoms with van der Waals surface area (Å²) >= 11 is 0. The van der Waals surface area contributed by atoms with Gasteiger partial charge in [0.25, 0.3) is 0 Å². The van der Waals surface area contributed by atoms with Crippen LogP contribution in [0.1, 0.15) is 61.8 Å². The van der Waals surface area contributed by atoms with E-state index in [-0.39, 0.29) is 25.7 Å². The molecule has 4 aromatic carbocycles. The third kappa shape index (κ3) is 16.0. The van der Waals surface area contributed by atoms with Crippen molar-refractivity contribution in [1.29, 1.82) is 0 Å². The van der Waals surface area contributed by atoms with Gasteiger partial charge in [0.05, 0.1) is 39.3 Å². The molecule has 0 aliphatic carbocycles. The van der Waals surface area contributed by atoms with Gasteiger partial charge in [0.2, 0.25) is 6.79 Å². The molecule has 0 saturated heterocycles. The maximum atomic E-state index is 12.7. The molecule has 0 heterocycles. The van der Waals surface area contributed by atoms with Crippen LogP contribution in [0.4, 0.5) is 0 Å². The Bertz CT molecular complexity index is 1320. The molecule has 0 amide bonds. The molecule has 51 heavy (non-hydrogen) atoms. The normalized spacial score (nSPS) is 11.6. The zero-order valence-electron chi connectivity index (χ0n) is 30.0. The van der Waals surface area contributed by atoms with Gasteiger partial charge in [0, 0.05) is 12.8 Å². The fraction of sp³-hybridized carbons (Fsp3) is 0.395. The predicted octanol–water partition coefficient (Wildman–Crippen LogP) is 8.06. The summed E-state index contributed by atoms with van der Waals surface area (Å²) in [6, 6.07) is 40.3. The molecule has 0 bridgehead atoms. The number of rotatable bonds is 24. The molecule has 0 aromatic heterocycles. The number of benzene rings is 4. The van der Waals surface area contributed by atoms with Gasteiger partial charge in [0.15, 0.2) is 11.6 Å². The molecule has 0 fully saturated rings. The van der Waals surface area contributed by atoms with Crippen molar-refractivity contribution >= 4 is 11.9 Å². The molecule has 0 N–H and O–H groups in total. The van der Waals surface area contributed by atoms with Crippen LogP contribution >= 0.6 is 0 Å². The Balaban J connectivity index is 1.20. The highest BCUT2D eigenvalue weighted by Crippen LogP contribution is 2.23. The van der Waals surface area contributed by atoms with E-state index in [2.05, 4.69) is 0 Å². The molecule has 0 spiro atoms. The van der Waals surface area contributed by atoms with E-state index >= 15 is 0 Å². The number of hydrogen-bond acceptors (Lipinski definition) is 8. The first-order valence-electron chi connectivity index (χ1n) is 17.8. The third-order valence-electron chi connectivity index (χ3n) is 8.57. The highest BCUT2D eigenvalue weighted by atomic mass is 16.7. The minimum Gasteiger partial charge on any atom is -0.428 e. The van der Waals surface area contributed by atoms with Crippen molar-refractivity contribution in [3.8, 4) is 0 Å². The van der Waals surface area contributed by atoms with Gasteiger partial charge in [0.1, 0.15) is 0 Å². The Morgan fingerprint density at radius 2 is 0.686 bits per heavy atom. The van der Waals surface area contributed by atoms with E-state index in [1.165, 1.54) is 0 Å². The topological polar surface area (TPSA) is 89.5 Å². The first kappa shape index (κ1) is 39.4. The second kappa shape index (κ2) is 21.8. The summed E-state index contributed by atoms with van der Waals surface area (Å²) in [6.07, 6.45) is 3.50. The van der Waals surface area contributed by atoms with Crippen LogP contribution in [0.25, 0.3) is 0 Å². The van der Waals surface area contributed by atoms with Crippen molar-refractivity contribution in [2.24, 2.45) is 0 Å². The molecule has 8 heteroatoms. The lowest BCUT2D eigenvalue weighted by atomic mass is 10.1. The Morgan fingerprint density at radius 3 is 0.941 bits per heavy atom. The highest BCUT2D eigenvalue weighted by molar-refractivity contribution is 5.71. The van der Waals surface area contributed by atoms with E-state index in [9.17, 15) is 9.59 Å². The summed E-state index contributed by atoms with van der Waals surface area (Å²) in [4.78, 5) is 25.4. The molecular weight excluding hydrogens is 644 g/mol. The van der Waals surface area contributed by atoms with E-state index in [4.69, 9.17) is 28.4 Å². The zero-order chi connectivity index (χ0) is 36.0. The van der Waals surface area contributed by atoms with Gasteiger partial charge in [-0.2, -0.15) is 0 Å². The summed E-state index contributed by atoms with van der Waals surface area (Å²) in [5.41, 5.74) is 4.62. The number of carbonyl (C=O) groups is 2. The van der Waals surface area contributed by atoms with Crippen LogP contribution in [-0.2, 0) is 63.7 Å². The summed E-state index contributed by atoms with van der Waals surface area (Å²) in [5, 5.41) is 0. The highest BCUT2D eigenvalue weighted by Gasteiger charge is 2.29. The van der Waals surface area contributed by atoms with Gasteiger partial charge in [-0.05, 0) is 61.8 Å². The zero-order valence-corrected chi connectivity index (χ0v) is 30.0. The van der Waals surface area contributed by atoms with Crippen LogP contribution in [0.5, 0.6) is 0 Å². The molecule has 0 aliphatic rings. The molecule has 8 nitrogen and oxygen atoms in total. The summed E-state index contributed by atoms with van der Waals surface area (Å²) in [7, 11) is 0. The smallest absolute Gasteiger partial charge is 0.308 e. The maximum absolute atomic E-state index is 12.7. The summed E-state index contributed by atoms with van der Waals surface area (Å²) in [6.45, 7) is 4.95. The lowest BCUT2D eigenvalue weighted by Crippen LogP contribution is -2.35. The second-order valence-corrected chi connectivity index (χ2v) is 12.8. The van der Waals surface area contributed by atoms with Crippen molar-refractivity contribution in [3.05, 3.63) is 144 Å². The van der Waals surface area contributed by atoms with E-state index in [1.54, 1.807) is 0 Å². The average Bonchev–Trinajstić information content (AvgIpc) is 3.15. The minimum absolute atomic E-state index is 0.0350. The largest absolute Gasteiger partial charge is 0.428 e. The van der Waals surface area contributed by atoms with Crippen LogP contribution in [0.15, 0.2) is 121 Å². The molecule has 4 rings (SSSR count). The second-order valence-electron chi connectivity index (χ2n) is 12.8. The van der Waals surface area contributed by atoms with E-state index in [0.717, 1.165) is 22.3 Å². The summed E-state index contributed by atoms with van der Waals surface area (Å²) < 4.78 is 35.3. The van der Waals surface area contributed by atoms with Crippen molar-refractivity contribution in [3.63, 3.8) is 0 Å². The van der Waals surface area contributed by atoms with Gasteiger partial charge in [-0.1, -0.05) is 121 Å². The molecular formula is C43H52O8. The van der Waals surface area contributed by atoms with Crippen LogP contribution in [0, 0.1) is 0 Å². The molecule has 0 radical (unpaired) electrons. The first-order chi connectivity index (χ1) is 24.8. The molecule has 4 aromatic rings. The van der Waals surface area contributed by atoms with Crippen LogP contribution in [-0.4, -0.2) is 56.7 Å². The van der Waals surface area contributed by atoms with Gasteiger partial charge in [-0.3, -0.25) is 9.59 Å². The Labute approximate surface area is 303 Å². The summed E-state index contributed by atoms with van der Waals surface area (Å²) in [5.74, 6) is -3.01. The van der Waals surface area contributed by atoms with Crippen LogP contribution < -0.4 is 0 Å². The van der Waals surface area contributed by atoms with Crippen molar-refractivity contribution in [2.45, 2.75) is 76.8 Å². The number of hydrogen-bond donors (Lipinski definition) is 0. The molecule has 0 saturated carbocycles. The average molecular weight is 697 g/mol. The Morgan fingerprint density at radius 1 is 0.431 bits per heavy atom. The fourth-order valence-electron chi connectivity index (χ4n) is 5.45. The standard InChI is InChI=1S/C43H52O8/c1-42(48-31-25-36-15-7-3-8-16-36,49-32-26-37-17-9-4-10-18-37)29-23-40(44)46-35-47-41(45)24-30-43(2,50-33-27-38-19-11-5-12-20-38)51-34-28-39-21-13-6-14-22-39/h3-22H,23-35H2,1-2H3. The number of ether oxygens (including phenoxy) is 6. The van der Waals surface area contributed by atoms with Gasteiger partial charge in [-0.25, -0.2) is 0 Å². The lowest BCUT2D eigenvalue weighted by Gasteiger charge is -2.30. The van der Waals surface area contributed by atoms with E-state index in [1.807, 2.05) is 135 Å². The van der Waals surface area contributed by atoms with Crippen molar-refractivity contribution in [2.75, 3.05) is 33.2 Å². The van der Waals surface area contributed by atoms with Crippen LogP contribution in [0.3, 0.4) is 0 Å². The lowest BCUT2D eigenvalue weighted by molar-refractivity contribution is -0.231. The van der Waals surface area contributed by atoms with Gasteiger partial charge >= 0.3 is 11.9 Å². The van der Waals surface area contributed by atoms with E-state index in [0.29, 0.717) is 52.1 Å². The van der Waals surface area contributed by atoms with Crippen LogP contribution in [0.2, 0.25) is 0 Å². The monoisotopic (exact) mass is 696 g/mol. The first-order valence-corrected chi connectivity index (χ1v) is 17.8. The number of carbonyl (C=O) groups excluding carboxylic acids is 2.